The van der Waals surface area contributed by atoms with Gasteiger partial charge in [0.2, 0.25) is 0 Å². The first-order valence-electron chi connectivity index (χ1n) is 8.77. The second-order valence-electron chi connectivity index (χ2n) is 7.09. The maximum absolute atomic E-state index is 13.0. The fourth-order valence-corrected chi connectivity index (χ4v) is 2.90. The molecule has 2 aromatic rings. The molecule has 2 rings (SSSR count). The summed E-state index contributed by atoms with van der Waals surface area (Å²) in [5.41, 5.74) is -3.02. The molecule has 0 heterocycles. The lowest BCUT2D eigenvalue weighted by Crippen LogP contribution is -2.29. The molecule has 0 aliphatic rings. The molecule has 0 aromatic heterocycles. The van der Waals surface area contributed by atoms with Crippen molar-refractivity contribution in [2.24, 2.45) is 0 Å². The third-order valence-electron chi connectivity index (χ3n) is 4.74. The molecule has 2 aromatic carbocycles. The molecule has 2 atom stereocenters. The fourth-order valence-electron chi connectivity index (χ4n) is 2.90. The van der Waals surface area contributed by atoms with Crippen LogP contribution >= 0.6 is 0 Å². The average molecular weight is 418 g/mol. The van der Waals surface area contributed by atoms with E-state index in [4.69, 9.17) is 4.74 Å². The fraction of sp³-hybridized carbons (Fsp3) is 0.381. The number of rotatable bonds is 7. The van der Waals surface area contributed by atoms with E-state index in [-0.39, 0.29) is 24.7 Å². The molecule has 2 nitrogen and oxygen atoms in total. The molecule has 0 saturated carbocycles. The minimum atomic E-state index is -4.92. The number of halogens is 6. The van der Waals surface area contributed by atoms with Crippen LogP contribution in [0.1, 0.15) is 48.6 Å². The molecular formula is C21H20F6O2. The van der Waals surface area contributed by atoms with E-state index in [2.05, 4.69) is 0 Å². The SMILES string of the molecule is CC(OCC(C)(CC=O)c1ccccc1)c1cc(C(F)(F)F)cc(C(F)(F)F)c1. The highest BCUT2D eigenvalue weighted by atomic mass is 19.4. The van der Waals surface area contributed by atoms with Crippen molar-refractivity contribution in [1.29, 1.82) is 0 Å². The van der Waals surface area contributed by atoms with Gasteiger partial charge >= 0.3 is 12.4 Å². The van der Waals surface area contributed by atoms with E-state index in [1.54, 1.807) is 37.3 Å². The normalized spacial score (nSPS) is 15.6. The van der Waals surface area contributed by atoms with Crippen LogP contribution in [0.25, 0.3) is 0 Å². The molecule has 0 fully saturated rings. The number of ether oxygens (including phenoxy) is 1. The zero-order chi connectivity index (χ0) is 21.9. The van der Waals surface area contributed by atoms with Gasteiger partial charge in [0.05, 0.1) is 23.8 Å². The highest BCUT2D eigenvalue weighted by Crippen LogP contribution is 2.38. The van der Waals surface area contributed by atoms with Crippen molar-refractivity contribution in [2.45, 2.75) is 44.1 Å². The molecule has 158 valence electrons. The smallest absolute Gasteiger partial charge is 0.373 e. The Balaban J connectivity index is 2.31. The van der Waals surface area contributed by atoms with Crippen molar-refractivity contribution in [3.8, 4) is 0 Å². The Kier molecular flexibility index (Phi) is 6.78. The molecule has 0 spiro atoms. The maximum atomic E-state index is 13.0. The lowest BCUT2D eigenvalue weighted by molar-refractivity contribution is -0.143. The van der Waals surface area contributed by atoms with Gasteiger partial charge in [-0.15, -0.1) is 0 Å². The molecular weight excluding hydrogens is 398 g/mol. The number of aldehydes is 1. The molecule has 2 unspecified atom stereocenters. The number of carbonyl (C=O) groups is 1. The van der Waals surface area contributed by atoms with Crippen molar-refractivity contribution in [2.75, 3.05) is 6.61 Å². The van der Waals surface area contributed by atoms with Crippen molar-refractivity contribution < 1.29 is 35.9 Å². The Labute approximate surface area is 164 Å². The summed E-state index contributed by atoms with van der Waals surface area (Å²) in [5, 5.41) is 0. The van der Waals surface area contributed by atoms with Crippen LogP contribution in [0.2, 0.25) is 0 Å². The zero-order valence-corrected chi connectivity index (χ0v) is 15.8. The van der Waals surface area contributed by atoms with Gasteiger partial charge in [-0.05, 0) is 36.2 Å². The Morgan fingerprint density at radius 3 is 1.86 bits per heavy atom. The van der Waals surface area contributed by atoms with E-state index in [1.165, 1.54) is 6.92 Å². The van der Waals surface area contributed by atoms with E-state index in [0.717, 1.165) is 5.56 Å². The van der Waals surface area contributed by atoms with Gasteiger partial charge in [0.1, 0.15) is 6.29 Å². The van der Waals surface area contributed by atoms with Gasteiger partial charge < -0.3 is 9.53 Å². The zero-order valence-electron chi connectivity index (χ0n) is 15.8. The van der Waals surface area contributed by atoms with Gasteiger partial charge in [-0.1, -0.05) is 37.3 Å². The largest absolute Gasteiger partial charge is 0.416 e. The quantitative estimate of drug-likeness (QED) is 0.387. The number of carbonyl (C=O) groups excluding carboxylic acids is 1. The Bertz CT molecular complexity index is 797. The van der Waals surface area contributed by atoms with Gasteiger partial charge in [-0.2, -0.15) is 26.3 Å². The molecule has 0 aliphatic carbocycles. The summed E-state index contributed by atoms with van der Waals surface area (Å²) in [7, 11) is 0. The van der Waals surface area contributed by atoms with Crippen molar-refractivity contribution in [1.82, 2.24) is 0 Å². The minimum Gasteiger partial charge on any atom is -0.373 e. The Morgan fingerprint density at radius 1 is 0.897 bits per heavy atom. The third kappa shape index (κ3) is 5.82. The lowest BCUT2D eigenvalue weighted by atomic mass is 9.80. The molecule has 0 bridgehead atoms. The Hall–Kier alpha value is -2.35. The average Bonchev–Trinajstić information content (AvgIpc) is 2.65. The van der Waals surface area contributed by atoms with Crippen molar-refractivity contribution >= 4 is 6.29 Å². The van der Waals surface area contributed by atoms with Crippen LogP contribution in [-0.2, 0) is 27.3 Å². The first kappa shape index (κ1) is 22.9. The number of benzene rings is 2. The van der Waals surface area contributed by atoms with E-state index in [9.17, 15) is 31.1 Å². The van der Waals surface area contributed by atoms with E-state index >= 15 is 0 Å². The molecule has 0 amide bonds. The summed E-state index contributed by atoms with van der Waals surface area (Å²) < 4.78 is 83.9. The summed E-state index contributed by atoms with van der Waals surface area (Å²) in [6.45, 7) is 3.06. The monoisotopic (exact) mass is 418 g/mol. The van der Waals surface area contributed by atoms with Crippen molar-refractivity contribution in [3.05, 3.63) is 70.8 Å². The standard InChI is InChI=1S/C21H20F6O2/c1-14(29-13-19(2,8-9-28)16-6-4-3-5-7-16)15-10-17(20(22,23)24)12-18(11-15)21(25,26)27/h3-7,9-12,14H,8,13H2,1-2H3. The first-order valence-corrected chi connectivity index (χ1v) is 8.77. The summed E-state index contributed by atoms with van der Waals surface area (Å²) >= 11 is 0. The van der Waals surface area contributed by atoms with Gasteiger partial charge in [0.15, 0.2) is 0 Å². The van der Waals surface area contributed by atoms with Crippen LogP contribution in [0.4, 0.5) is 26.3 Å². The van der Waals surface area contributed by atoms with Gasteiger partial charge in [-0.3, -0.25) is 0 Å². The predicted octanol–water partition coefficient (Wildman–Crippen LogP) is 6.35. The van der Waals surface area contributed by atoms with Crippen molar-refractivity contribution in [3.63, 3.8) is 0 Å². The highest BCUT2D eigenvalue weighted by molar-refractivity contribution is 5.53. The summed E-state index contributed by atoms with van der Waals surface area (Å²) in [4.78, 5) is 11.1. The minimum absolute atomic E-state index is 0.0610. The lowest BCUT2D eigenvalue weighted by Gasteiger charge is -2.30. The van der Waals surface area contributed by atoms with Gasteiger partial charge in [0.25, 0.3) is 0 Å². The highest BCUT2D eigenvalue weighted by Gasteiger charge is 2.37. The van der Waals surface area contributed by atoms with Gasteiger partial charge in [0, 0.05) is 11.8 Å². The molecule has 0 N–H and O–H groups in total. The molecule has 0 aliphatic heterocycles. The van der Waals surface area contributed by atoms with E-state index < -0.39 is 35.0 Å². The number of hydrogen-bond acceptors (Lipinski definition) is 2. The van der Waals surface area contributed by atoms with Crippen LogP contribution in [-0.4, -0.2) is 12.9 Å². The maximum Gasteiger partial charge on any atom is 0.416 e. The summed E-state index contributed by atoms with van der Waals surface area (Å²) in [5.74, 6) is 0. The van der Waals surface area contributed by atoms with E-state index in [0.29, 0.717) is 18.4 Å². The summed E-state index contributed by atoms with van der Waals surface area (Å²) in [6, 6.07) is 10.3. The number of hydrogen-bond donors (Lipinski definition) is 0. The second kappa shape index (κ2) is 8.57. The first-order chi connectivity index (χ1) is 13.4. The third-order valence-corrected chi connectivity index (χ3v) is 4.74. The predicted molar refractivity (Wildman–Crippen MR) is 95.3 cm³/mol. The van der Waals surface area contributed by atoms with Gasteiger partial charge in [-0.25, -0.2) is 0 Å². The van der Waals surface area contributed by atoms with Crippen LogP contribution < -0.4 is 0 Å². The topological polar surface area (TPSA) is 26.3 Å². The van der Waals surface area contributed by atoms with E-state index in [1.807, 2.05) is 0 Å². The molecule has 0 saturated heterocycles. The number of alkyl halides is 6. The second-order valence-corrected chi connectivity index (χ2v) is 7.09. The molecule has 0 radical (unpaired) electrons. The molecule has 29 heavy (non-hydrogen) atoms. The van der Waals surface area contributed by atoms with Crippen LogP contribution in [0, 0.1) is 0 Å². The Morgan fingerprint density at radius 2 is 1.41 bits per heavy atom. The molecule has 8 heteroatoms. The van der Waals surface area contributed by atoms with Crippen LogP contribution in [0.3, 0.4) is 0 Å². The summed E-state index contributed by atoms with van der Waals surface area (Å²) in [6.07, 6.45) is -10.1. The van der Waals surface area contributed by atoms with Crippen LogP contribution in [0.15, 0.2) is 48.5 Å². The van der Waals surface area contributed by atoms with Crippen LogP contribution in [0.5, 0.6) is 0 Å².